The van der Waals surface area contributed by atoms with E-state index in [2.05, 4.69) is 13.2 Å². The molecule has 0 bridgehead atoms. The van der Waals surface area contributed by atoms with Crippen LogP contribution in [0.15, 0.2) is 67.8 Å². The van der Waals surface area contributed by atoms with Crippen LogP contribution in [-0.2, 0) is 16.0 Å². The maximum atomic E-state index is 11.3. The summed E-state index contributed by atoms with van der Waals surface area (Å²) in [6.07, 6.45) is 3.10. The number of carbonyl (C=O) groups is 3. The first-order chi connectivity index (χ1) is 20.4. The minimum atomic E-state index is -1.72. The second kappa shape index (κ2) is 22.5. The molecular formula is C27H19AlCl10O6. The topological polar surface area (TPSA) is 101 Å². The molecule has 0 saturated carbocycles. The molecule has 0 radical (unpaired) electrons. The van der Waals surface area contributed by atoms with E-state index in [9.17, 15) is 19.5 Å². The fourth-order valence-corrected chi connectivity index (χ4v) is 4.16. The highest BCUT2D eigenvalue weighted by molar-refractivity contribution is 7.54. The summed E-state index contributed by atoms with van der Waals surface area (Å²) in [6, 6.07) is 10.6. The van der Waals surface area contributed by atoms with Crippen LogP contribution in [0.1, 0.15) is 22.3 Å². The van der Waals surface area contributed by atoms with E-state index in [1.807, 2.05) is 0 Å². The lowest BCUT2D eigenvalue weighted by molar-refractivity contribution is -0.129. The molecule has 0 atom stereocenters. The molecule has 0 aliphatic heterocycles. The summed E-state index contributed by atoms with van der Waals surface area (Å²) < 4.78 is 4.80. The molecule has 0 fully saturated rings. The van der Waals surface area contributed by atoms with Gasteiger partial charge in [-0.3, -0.25) is 9.59 Å². The monoisotopic (exact) mass is 816 g/mol. The first-order valence-electron chi connectivity index (χ1n) is 11.3. The van der Waals surface area contributed by atoms with Gasteiger partial charge in [-0.2, -0.15) is 0 Å². The number of carbonyl (C=O) groups excluding carboxylic acids is 3. The van der Waals surface area contributed by atoms with Crippen LogP contribution in [0.25, 0.3) is 0 Å². The van der Waals surface area contributed by atoms with E-state index in [0.29, 0.717) is 44.1 Å². The maximum Gasteiger partial charge on any atom is 0.643 e. The Balaban J connectivity index is 0.000000561. The van der Waals surface area contributed by atoms with Crippen molar-refractivity contribution in [3.8, 4) is 17.2 Å². The third-order valence-corrected chi connectivity index (χ3v) is 6.38. The van der Waals surface area contributed by atoms with Crippen LogP contribution in [0.5, 0.6) is 17.2 Å². The van der Waals surface area contributed by atoms with Gasteiger partial charge in [-0.05, 0) is 72.1 Å². The molecule has 6 nitrogen and oxygen atoms in total. The Morgan fingerprint density at radius 1 is 0.773 bits per heavy atom. The second-order valence-corrected chi connectivity index (χ2v) is 16.8. The molecule has 0 spiro atoms. The molecule has 3 aromatic carbocycles. The molecular weight excluding hydrogens is 802 g/mol. The molecule has 1 aliphatic carbocycles. The highest BCUT2D eigenvalue weighted by Crippen LogP contribution is 2.40. The summed E-state index contributed by atoms with van der Waals surface area (Å²) in [5.74, 6) is -0.443. The zero-order valence-corrected chi connectivity index (χ0v) is 30.6. The quantitative estimate of drug-likeness (QED) is 0.0897. The Kier molecular flexibility index (Phi) is 22.0. The Hall–Kier alpha value is -1.02. The molecule has 1 aliphatic rings. The van der Waals surface area contributed by atoms with Gasteiger partial charge < -0.3 is 14.9 Å². The Labute approximate surface area is 305 Å². The van der Waals surface area contributed by atoms with E-state index >= 15 is 0 Å². The number of fused-ring (bicyclic) bond motifs is 1. The Morgan fingerprint density at radius 2 is 1.27 bits per heavy atom. The summed E-state index contributed by atoms with van der Waals surface area (Å²) in [5, 5.41) is 20.0. The maximum absolute atomic E-state index is 11.3. The zero-order valence-electron chi connectivity index (χ0n) is 21.9. The fraction of sp³-hybridized carbons (Fsp3) is 0.0741. The average molecular weight is 821 g/mol. The zero-order chi connectivity index (χ0) is 34.1. The SMILES string of the molecule is C=CC(=O)Cl.C=CC(=O)Oc1ccc(Cl)cc1Cl.O=C1CCc2c(Cl)cc(Cl)c(O)c21.Oc1ccc(Cl)cc1Cl.[Cl][Al]([Cl])[Cl]. The lowest BCUT2D eigenvalue weighted by Gasteiger charge is -2.05. The second-order valence-electron chi connectivity index (χ2n) is 7.52. The van der Waals surface area contributed by atoms with Crippen molar-refractivity contribution in [3.05, 3.63) is 109 Å². The van der Waals surface area contributed by atoms with Gasteiger partial charge in [0.15, 0.2) is 5.78 Å². The van der Waals surface area contributed by atoms with Crippen LogP contribution in [0.3, 0.4) is 0 Å². The van der Waals surface area contributed by atoms with Gasteiger partial charge in [0.1, 0.15) is 17.2 Å². The number of ketones is 1. The number of ether oxygens (including phenoxy) is 1. The Bertz CT molecular complexity index is 1480. The number of halogens is 10. The number of allylic oxidation sites excluding steroid dienone is 1. The summed E-state index contributed by atoms with van der Waals surface area (Å²) in [6.45, 7) is 6.34. The molecule has 0 aromatic heterocycles. The van der Waals surface area contributed by atoms with Gasteiger partial charge in [-0.15, -0.1) is 0 Å². The molecule has 17 heteroatoms. The van der Waals surface area contributed by atoms with E-state index in [1.54, 1.807) is 12.1 Å². The lowest BCUT2D eigenvalue weighted by Crippen LogP contribution is -2.03. The highest BCUT2D eigenvalue weighted by Gasteiger charge is 2.27. The van der Waals surface area contributed by atoms with Crippen molar-refractivity contribution >= 4 is 140 Å². The molecule has 2 N–H and O–H groups in total. The molecule has 3 aromatic rings. The number of rotatable bonds is 3. The van der Waals surface area contributed by atoms with Crippen molar-refractivity contribution in [3.63, 3.8) is 0 Å². The predicted molar refractivity (Wildman–Crippen MR) is 186 cm³/mol. The first-order valence-corrected chi connectivity index (χ1v) is 19.2. The van der Waals surface area contributed by atoms with Crippen molar-refractivity contribution in [1.29, 1.82) is 0 Å². The normalized spacial score (nSPS) is 10.5. The van der Waals surface area contributed by atoms with Crippen molar-refractivity contribution < 1.29 is 29.3 Å². The molecule has 0 amide bonds. The van der Waals surface area contributed by atoms with Gasteiger partial charge in [-0.25, -0.2) is 34.9 Å². The van der Waals surface area contributed by atoms with Crippen LogP contribution in [0, 0.1) is 0 Å². The minimum absolute atomic E-state index is 0.0565. The number of aromatic hydroxyl groups is 2. The van der Waals surface area contributed by atoms with Crippen molar-refractivity contribution in [2.45, 2.75) is 12.8 Å². The van der Waals surface area contributed by atoms with Gasteiger partial charge in [0.25, 0.3) is 0 Å². The van der Waals surface area contributed by atoms with E-state index in [1.165, 1.54) is 30.3 Å². The van der Waals surface area contributed by atoms with Gasteiger partial charge in [0.2, 0.25) is 5.24 Å². The van der Waals surface area contributed by atoms with E-state index in [-0.39, 0.29) is 33.1 Å². The van der Waals surface area contributed by atoms with Crippen molar-refractivity contribution in [1.82, 2.24) is 0 Å². The average Bonchev–Trinajstić information content (AvgIpc) is 3.34. The summed E-state index contributed by atoms with van der Waals surface area (Å²) >= 11 is 36.9. The van der Waals surface area contributed by atoms with Gasteiger partial charge in [0, 0.05) is 27.6 Å². The third-order valence-electron chi connectivity index (χ3n) is 4.53. The number of phenolic OH excluding ortho intramolecular Hbond substituents is 2. The van der Waals surface area contributed by atoms with Crippen LogP contribution in [0.2, 0.25) is 30.1 Å². The van der Waals surface area contributed by atoms with Crippen LogP contribution < -0.4 is 4.74 Å². The van der Waals surface area contributed by atoms with Crippen LogP contribution >= 0.6 is 111 Å². The van der Waals surface area contributed by atoms with E-state index in [4.69, 9.17) is 121 Å². The number of benzene rings is 3. The lowest BCUT2D eigenvalue weighted by atomic mass is 10.1. The Morgan fingerprint density at radius 3 is 1.70 bits per heavy atom. The first kappa shape index (κ1) is 43.0. The van der Waals surface area contributed by atoms with Gasteiger partial charge in [0.05, 0.1) is 20.6 Å². The van der Waals surface area contributed by atoms with Crippen molar-refractivity contribution in [2.75, 3.05) is 0 Å². The molecule has 44 heavy (non-hydrogen) atoms. The molecule has 4 rings (SSSR count). The fourth-order valence-electron chi connectivity index (χ4n) is 2.75. The predicted octanol–water partition coefficient (Wildman–Crippen LogP) is 11.2. The summed E-state index contributed by atoms with van der Waals surface area (Å²) in [4.78, 5) is 31.6. The molecule has 236 valence electrons. The van der Waals surface area contributed by atoms with Crippen LogP contribution in [0.4, 0.5) is 0 Å². The number of hydrogen-bond acceptors (Lipinski definition) is 6. The molecule has 0 unspecified atom stereocenters. The van der Waals surface area contributed by atoms with E-state index < -0.39 is 22.6 Å². The van der Waals surface area contributed by atoms with E-state index in [0.717, 1.165) is 12.2 Å². The summed E-state index contributed by atoms with van der Waals surface area (Å²) in [5.41, 5.74) is 1.02. The largest absolute Gasteiger partial charge is 0.643 e. The van der Waals surface area contributed by atoms with Gasteiger partial charge >= 0.3 is 17.4 Å². The third kappa shape index (κ3) is 17.1. The van der Waals surface area contributed by atoms with Gasteiger partial charge in [-0.1, -0.05) is 82.8 Å². The number of esters is 1. The summed E-state index contributed by atoms with van der Waals surface area (Å²) in [7, 11) is 14.8. The molecule has 0 saturated heterocycles. The molecule has 0 heterocycles. The number of hydrogen-bond donors (Lipinski definition) is 2. The highest BCUT2D eigenvalue weighted by atomic mass is 35.8. The smallest absolute Gasteiger partial charge is 0.506 e. The minimum Gasteiger partial charge on any atom is -0.506 e. The standard InChI is InChI=1S/2C9H6Cl2O2.C6H4Cl2O.C3H3ClO.Al.3ClH/c10-5-3-6(11)9(13)8-4(5)1-2-7(8)12;1-2-9(12)13-8-4-3-6(10)5-7(8)11;7-4-1-2-6(9)5(8)3-4;1-2-3(4)5;;;;/h3,13H,1-2H2;2-5H,1H2;1-3,9H;2H,1H2;;3*1H/q;;;;+3;;;/p-3. The van der Waals surface area contributed by atoms with Crippen molar-refractivity contribution in [2.24, 2.45) is 0 Å². The number of phenols is 2. The number of Topliss-reactive ketones (excluding diaryl/α,β-unsaturated/α-hetero) is 1. The van der Waals surface area contributed by atoms with Crippen LogP contribution in [-0.4, -0.2) is 38.6 Å².